The standard InChI is InChI=1S/C21H20N2O/c1-12-3-6-15-16-7-8-22-18-10-14-5-4-13(2)21(24)17(14)11-23(20(16)18)19(15)9-12/h3-6,9,11,14,24H,7-8,10H2,1-2H3. The molecule has 120 valence electrons. The highest BCUT2D eigenvalue weighted by Crippen LogP contribution is 2.39. The van der Waals surface area contributed by atoms with Gasteiger partial charge in [0.05, 0.1) is 16.9 Å². The monoisotopic (exact) mass is 316 g/mol. The maximum absolute atomic E-state index is 10.6. The Morgan fingerprint density at radius 2 is 2.12 bits per heavy atom. The highest BCUT2D eigenvalue weighted by Gasteiger charge is 2.31. The third-order valence-electron chi connectivity index (χ3n) is 5.51. The molecule has 1 aromatic heterocycles. The van der Waals surface area contributed by atoms with E-state index in [0.29, 0.717) is 5.76 Å². The number of aliphatic imine (C=N–C) groups is 1. The molecule has 0 spiro atoms. The smallest absolute Gasteiger partial charge is 0.123 e. The van der Waals surface area contributed by atoms with E-state index in [2.05, 4.69) is 42.0 Å². The van der Waals surface area contributed by atoms with Crippen LogP contribution in [0.2, 0.25) is 0 Å². The van der Waals surface area contributed by atoms with Crippen LogP contribution in [0.15, 0.2) is 52.2 Å². The van der Waals surface area contributed by atoms with Crippen LogP contribution < -0.4 is 0 Å². The summed E-state index contributed by atoms with van der Waals surface area (Å²) in [5.74, 6) is 0.628. The number of aryl methyl sites for hydroxylation is 1. The molecule has 3 aliphatic rings. The molecule has 0 fully saturated rings. The van der Waals surface area contributed by atoms with Gasteiger partial charge >= 0.3 is 0 Å². The second-order valence-electron chi connectivity index (χ2n) is 7.08. The first kappa shape index (κ1) is 13.8. The third kappa shape index (κ3) is 1.75. The van der Waals surface area contributed by atoms with Crippen LogP contribution in [0.4, 0.5) is 0 Å². The van der Waals surface area contributed by atoms with Gasteiger partial charge in [0.2, 0.25) is 0 Å². The first-order valence-electron chi connectivity index (χ1n) is 8.60. The van der Waals surface area contributed by atoms with Gasteiger partial charge in [-0.1, -0.05) is 24.3 Å². The van der Waals surface area contributed by atoms with Crippen LogP contribution in [0.5, 0.6) is 0 Å². The molecule has 3 nitrogen and oxygen atoms in total. The molecule has 0 saturated carbocycles. The summed E-state index contributed by atoms with van der Waals surface area (Å²) >= 11 is 0. The highest BCUT2D eigenvalue weighted by molar-refractivity contribution is 6.09. The number of nitrogens with zero attached hydrogens (tertiary/aromatic N) is 2. The van der Waals surface area contributed by atoms with Gasteiger partial charge in [0.15, 0.2) is 0 Å². The highest BCUT2D eigenvalue weighted by atomic mass is 16.3. The molecular formula is C21H20N2O. The van der Waals surface area contributed by atoms with Crippen molar-refractivity contribution in [2.24, 2.45) is 10.9 Å². The van der Waals surface area contributed by atoms with Crippen LogP contribution in [-0.2, 0) is 6.42 Å². The van der Waals surface area contributed by atoms with Gasteiger partial charge in [-0.05, 0) is 43.0 Å². The Morgan fingerprint density at radius 1 is 1.25 bits per heavy atom. The summed E-state index contributed by atoms with van der Waals surface area (Å²) in [5, 5.41) is 12.0. The van der Waals surface area contributed by atoms with Gasteiger partial charge in [0, 0.05) is 36.0 Å². The van der Waals surface area contributed by atoms with E-state index in [1.807, 2.05) is 13.0 Å². The quantitative estimate of drug-likeness (QED) is 0.760. The largest absolute Gasteiger partial charge is 0.507 e. The number of aliphatic hydroxyl groups excluding tert-OH is 1. The van der Waals surface area contributed by atoms with Gasteiger partial charge in [-0.2, -0.15) is 0 Å². The van der Waals surface area contributed by atoms with Crippen LogP contribution in [0.1, 0.15) is 30.2 Å². The summed E-state index contributed by atoms with van der Waals surface area (Å²) in [6.45, 7) is 4.96. The van der Waals surface area contributed by atoms with Crippen molar-refractivity contribution in [3.63, 3.8) is 0 Å². The van der Waals surface area contributed by atoms with Crippen LogP contribution in [-0.4, -0.2) is 21.9 Å². The zero-order valence-corrected chi connectivity index (χ0v) is 14.0. The minimum atomic E-state index is 0.207. The summed E-state index contributed by atoms with van der Waals surface area (Å²) in [7, 11) is 0. The lowest BCUT2D eigenvalue weighted by Gasteiger charge is -2.21. The van der Waals surface area contributed by atoms with Crippen molar-refractivity contribution >= 4 is 22.8 Å². The zero-order valence-electron chi connectivity index (χ0n) is 14.0. The van der Waals surface area contributed by atoms with Gasteiger partial charge in [-0.3, -0.25) is 4.99 Å². The number of fused-ring (bicyclic) bond motifs is 4. The lowest BCUT2D eigenvalue weighted by atomic mass is 9.86. The van der Waals surface area contributed by atoms with E-state index in [-0.39, 0.29) is 5.92 Å². The predicted molar refractivity (Wildman–Crippen MR) is 98.6 cm³/mol. The SMILES string of the molecule is CC1=C(O)C2=Cn3c4c(c5ccc(C)cc53)CCN=C4CC2C=C1. The van der Waals surface area contributed by atoms with E-state index in [0.717, 1.165) is 30.5 Å². The summed E-state index contributed by atoms with van der Waals surface area (Å²) in [6, 6.07) is 6.67. The van der Waals surface area contributed by atoms with Gasteiger partial charge in [0.1, 0.15) is 5.76 Å². The van der Waals surface area contributed by atoms with Crippen molar-refractivity contribution in [2.75, 3.05) is 6.54 Å². The Hall–Kier alpha value is -2.55. The fourth-order valence-corrected chi connectivity index (χ4v) is 4.26. The Bertz CT molecular complexity index is 1010. The Labute approximate surface area is 141 Å². The van der Waals surface area contributed by atoms with Crippen molar-refractivity contribution < 1.29 is 5.11 Å². The maximum atomic E-state index is 10.6. The molecule has 1 N–H and O–H groups in total. The zero-order chi connectivity index (χ0) is 16.4. The Kier molecular flexibility index (Phi) is 2.73. The molecular weight excluding hydrogens is 296 g/mol. The fourth-order valence-electron chi connectivity index (χ4n) is 4.26. The lowest BCUT2D eigenvalue weighted by Crippen LogP contribution is -2.17. The molecule has 1 aromatic carbocycles. The van der Waals surface area contributed by atoms with E-state index in [1.165, 1.54) is 33.4 Å². The minimum absolute atomic E-state index is 0.207. The predicted octanol–water partition coefficient (Wildman–Crippen LogP) is 4.56. The molecule has 0 bridgehead atoms. The number of allylic oxidation sites excluding steroid dienone is 4. The summed E-state index contributed by atoms with van der Waals surface area (Å²) in [5.41, 5.74) is 8.26. The fraction of sp³-hybridized carbons (Fsp3) is 0.286. The summed E-state index contributed by atoms with van der Waals surface area (Å²) in [4.78, 5) is 4.85. The van der Waals surface area contributed by atoms with Crippen molar-refractivity contribution in [2.45, 2.75) is 26.7 Å². The van der Waals surface area contributed by atoms with Gasteiger partial charge < -0.3 is 9.67 Å². The Morgan fingerprint density at radius 3 is 3.00 bits per heavy atom. The van der Waals surface area contributed by atoms with E-state index in [1.54, 1.807) is 0 Å². The molecule has 0 amide bonds. The van der Waals surface area contributed by atoms with Gasteiger partial charge in [-0.15, -0.1) is 0 Å². The second kappa shape index (κ2) is 4.73. The average molecular weight is 316 g/mol. The summed E-state index contributed by atoms with van der Waals surface area (Å²) in [6.07, 6.45) is 8.24. The topological polar surface area (TPSA) is 37.5 Å². The molecule has 1 atom stereocenters. The van der Waals surface area contributed by atoms with Crippen LogP contribution in [0, 0.1) is 12.8 Å². The molecule has 3 heteroatoms. The molecule has 24 heavy (non-hydrogen) atoms. The number of aromatic nitrogens is 1. The normalized spacial score (nSPS) is 22.0. The molecule has 5 rings (SSSR count). The van der Waals surface area contributed by atoms with Gasteiger partial charge in [0.25, 0.3) is 0 Å². The Balaban J connectivity index is 1.88. The first-order chi connectivity index (χ1) is 11.6. The number of hydrogen-bond acceptors (Lipinski definition) is 2. The van der Waals surface area contributed by atoms with Gasteiger partial charge in [-0.25, -0.2) is 0 Å². The first-order valence-corrected chi connectivity index (χ1v) is 8.60. The van der Waals surface area contributed by atoms with E-state index in [9.17, 15) is 5.11 Å². The number of benzene rings is 1. The van der Waals surface area contributed by atoms with E-state index < -0.39 is 0 Å². The van der Waals surface area contributed by atoms with Crippen molar-refractivity contribution in [1.82, 2.24) is 4.57 Å². The summed E-state index contributed by atoms with van der Waals surface area (Å²) < 4.78 is 2.27. The maximum Gasteiger partial charge on any atom is 0.123 e. The minimum Gasteiger partial charge on any atom is -0.507 e. The average Bonchev–Trinajstić information content (AvgIpc) is 2.77. The molecule has 1 unspecified atom stereocenters. The second-order valence-corrected chi connectivity index (χ2v) is 7.08. The molecule has 1 aliphatic carbocycles. The van der Waals surface area contributed by atoms with Crippen molar-refractivity contribution in [1.29, 1.82) is 0 Å². The molecule has 3 heterocycles. The lowest BCUT2D eigenvalue weighted by molar-refractivity contribution is 0.406. The third-order valence-corrected chi connectivity index (χ3v) is 5.51. The van der Waals surface area contributed by atoms with Crippen molar-refractivity contribution in [3.8, 4) is 0 Å². The van der Waals surface area contributed by atoms with Crippen molar-refractivity contribution in [3.05, 3.63) is 64.1 Å². The molecule has 2 aliphatic heterocycles. The number of rotatable bonds is 0. The van der Waals surface area contributed by atoms with Crippen LogP contribution in [0.3, 0.4) is 0 Å². The van der Waals surface area contributed by atoms with E-state index >= 15 is 0 Å². The van der Waals surface area contributed by atoms with Crippen LogP contribution >= 0.6 is 0 Å². The number of aliphatic hydroxyl groups is 1. The molecule has 0 saturated heterocycles. The molecule has 2 aromatic rings. The van der Waals surface area contributed by atoms with Crippen LogP contribution in [0.25, 0.3) is 17.1 Å². The molecule has 0 radical (unpaired) electrons. The number of hydrogen-bond donors (Lipinski definition) is 1. The van der Waals surface area contributed by atoms with E-state index in [4.69, 9.17) is 4.99 Å².